The van der Waals surface area contributed by atoms with Crippen molar-refractivity contribution in [2.24, 2.45) is 0 Å². The summed E-state index contributed by atoms with van der Waals surface area (Å²) in [7, 11) is 0. The summed E-state index contributed by atoms with van der Waals surface area (Å²) in [5, 5.41) is 6.76. The Balaban J connectivity index is 1.11. The number of hydrogen-bond acceptors (Lipinski definition) is 4. The molecule has 13 rings (SSSR count). The number of pyridine rings is 1. The molecule has 0 radical (unpaired) electrons. The van der Waals surface area contributed by atoms with Crippen molar-refractivity contribution in [1.82, 2.24) is 33.6 Å². The predicted octanol–water partition coefficient (Wildman–Crippen LogP) is 13.6. The minimum atomic E-state index is 0.534. The summed E-state index contributed by atoms with van der Waals surface area (Å²) < 4.78 is 6.88. The van der Waals surface area contributed by atoms with Crippen LogP contribution in [0.4, 0.5) is 0 Å². The van der Waals surface area contributed by atoms with Gasteiger partial charge >= 0.3 is 0 Å². The molecule has 63 heavy (non-hydrogen) atoms. The van der Waals surface area contributed by atoms with Crippen LogP contribution in [0.25, 0.3) is 117 Å². The van der Waals surface area contributed by atoms with Gasteiger partial charge in [-0.25, -0.2) is 9.97 Å². The van der Waals surface area contributed by atoms with Crippen molar-refractivity contribution < 1.29 is 0 Å². The molecule has 7 heteroatoms. The lowest BCUT2D eigenvalue weighted by Crippen LogP contribution is -2.07. The average molecular weight is 806 g/mol. The molecule has 8 aromatic carbocycles. The van der Waals surface area contributed by atoms with Crippen molar-refractivity contribution in [2.75, 3.05) is 0 Å². The van der Waals surface area contributed by atoms with E-state index in [0.29, 0.717) is 17.6 Å². The van der Waals surface area contributed by atoms with Crippen molar-refractivity contribution in [3.8, 4) is 51.5 Å². The maximum absolute atomic E-state index is 5.45. The second kappa shape index (κ2) is 13.9. The highest BCUT2D eigenvalue weighted by molar-refractivity contribution is 6.23. The molecule has 0 unspecified atom stereocenters. The summed E-state index contributed by atoms with van der Waals surface area (Å²) in [6, 6.07) is 74.2. The minimum Gasteiger partial charge on any atom is -0.309 e. The maximum Gasteiger partial charge on any atom is 0.238 e. The first kappa shape index (κ1) is 35.1. The van der Waals surface area contributed by atoms with Crippen LogP contribution >= 0.6 is 0 Å². The molecule has 5 heterocycles. The Bertz CT molecular complexity index is 3900. The normalized spacial score (nSPS) is 11.8. The van der Waals surface area contributed by atoms with Crippen LogP contribution in [0.15, 0.2) is 212 Å². The maximum atomic E-state index is 5.45. The number of hydrogen-bond donors (Lipinski definition) is 0. The molecule has 13 aromatic rings. The van der Waals surface area contributed by atoms with Crippen molar-refractivity contribution in [3.63, 3.8) is 0 Å². The van der Waals surface area contributed by atoms with Crippen LogP contribution in [0.1, 0.15) is 0 Å². The summed E-state index contributed by atoms with van der Waals surface area (Å²) in [4.78, 5) is 21.4. The smallest absolute Gasteiger partial charge is 0.238 e. The Labute approximate surface area is 361 Å². The van der Waals surface area contributed by atoms with E-state index in [9.17, 15) is 0 Å². The molecule has 7 nitrogen and oxygen atoms in total. The van der Waals surface area contributed by atoms with E-state index in [2.05, 4.69) is 202 Å². The monoisotopic (exact) mass is 805 g/mol. The number of para-hydroxylation sites is 4. The van der Waals surface area contributed by atoms with Crippen molar-refractivity contribution in [3.05, 3.63) is 212 Å². The molecule has 0 amide bonds. The van der Waals surface area contributed by atoms with E-state index in [1.54, 1.807) is 0 Å². The summed E-state index contributed by atoms with van der Waals surface area (Å²) >= 11 is 0. The van der Waals surface area contributed by atoms with E-state index in [1.807, 2.05) is 24.3 Å². The van der Waals surface area contributed by atoms with Gasteiger partial charge in [0, 0.05) is 54.7 Å². The van der Waals surface area contributed by atoms with Gasteiger partial charge in [-0.15, -0.1) is 0 Å². The molecular weight excluding hydrogens is 771 g/mol. The van der Waals surface area contributed by atoms with Gasteiger partial charge in [0.15, 0.2) is 11.6 Å². The molecule has 294 valence electrons. The third-order valence-corrected chi connectivity index (χ3v) is 12.3. The fourth-order valence-electron chi connectivity index (χ4n) is 9.54. The lowest BCUT2D eigenvalue weighted by molar-refractivity contribution is 0.953. The summed E-state index contributed by atoms with van der Waals surface area (Å²) in [5.41, 5.74) is 11.2. The number of aromatic nitrogens is 7. The number of nitrogens with zero attached hydrogens (tertiary/aromatic N) is 7. The van der Waals surface area contributed by atoms with E-state index in [1.165, 1.54) is 5.39 Å². The Morgan fingerprint density at radius 2 is 0.794 bits per heavy atom. The van der Waals surface area contributed by atoms with Gasteiger partial charge in [0.05, 0.1) is 38.8 Å². The van der Waals surface area contributed by atoms with Gasteiger partial charge in [0.2, 0.25) is 5.95 Å². The highest BCUT2D eigenvalue weighted by Crippen LogP contribution is 2.42. The zero-order valence-corrected chi connectivity index (χ0v) is 33.8. The highest BCUT2D eigenvalue weighted by Gasteiger charge is 2.24. The molecule has 0 fully saturated rings. The number of fused-ring (bicyclic) bond motifs is 10. The van der Waals surface area contributed by atoms with Crippen LogP contribution in [0.2, 0.25) is 0 Å². The molecule has 0 atom stereocenters. The van der Waals surface area contributed by atoms with Crippen LogP contribution in [0.3, 0.4) is 0 Å². The van der Waals surface area contributed by atoms with E-state index in [-0.39, 0.29) is 0 Å². The third kappa shape index (κ3) is 5.46. The molecule has 0 aliphatic heterocycles. The molecule has 0 aliphatic carbocycles. The Hall–Kier alpha value is -8.68. The first-order chi connectivity index (χ1) is 31.3. The minimum absolute atomic E-state index is 0.534. The van der Waals surface area contributed by atoms with Gasteiger partial charge in [-0.1, -0.05) is 152 Å². The highest BCUT2D eigenvalue weighted by atomic mass is 15.2. The van der Waals surface area contributed by atoms with Gasteiger partial charge in [0.25, 0.3) is 0 Å². The number of benzene rings is 8. The van der Waals surface area contributed by atoms with Gasteiger partial charge in [-0.05, 0) is 60.7 Å². The Kier molecular flexibility index (Phi) is 7.77. The van der Waals surface area contributed by atoms with E-state index >= 15 is 0 Å². The van der Waals surface area contributed by atoms with Gasteiger partial charge < -0.3 is 4.57 Å². The van der Waals surface area contributed by atoms with Crippen LogP contribution in [0, 0.1) is 0 Å². The van der Waals surface area contributed by atoms with Crippen LogP contribution in [-0.2, 0) is 0 Å². The molecular formula is C56H35N7. The van der Waals surface area contributed by atoms with E-state index in [4.69, 9.17) is 19.9 Å². The SMILES string of the molecule is c1ccc(-c2cccc(-n3c4ccccc4c4ccc5c6ccccc6n(-c6nc(-c7ccccc7)nc(-c7ccc8c(c7)c7ccccc7n8-c7ccccc7)n6)c5c43)n2)cc1. The summed E-state index contributed by atoms with van der Waals surface area (Å²) in [6.07, 6.45) is 0. The fraction of sp³-hybridized carbons (Fsp3) is 0. The number of rotatable bonds is 6. The molecule has 0 spiro atoms. The zero-order chi connectivity index (χ0) is 41.4. The first-order valence-corrected chi connectivity index (χ1v) is 21.2. The van der Waals surface area contributed by atoms with Gasteiger partial charge in [0.1, 0.15) is 5.82 Å². The lowest BCUT2D eigenvalue weighted by Gasteiger charge is -2.13. The average Bonchev–Trinajstić information content (AvgIpc) is 4.00. The van der Waals surface area contributed by atoms with Crippen molar-refractivity contribution in [1.29, 1.82) is 0 Å². The van der Waals surface area contributed by atoms with Crippen LogP contribution in [-0.4, -0.2) is 33.6 Å². The topological polar surface area (TPSA) is 66.3 Å². The molecule has 0 N–H and O–H groups in total. The second-order valence-electron chi connectivity index (χ2n) is 15.9. The van der Waals surface area contributed by atoms with Crippen molar-refractivity contribution >= 4 is 65.4 Å². The molecule has 0 saturated heterocycles. The lowest BCUT2D eigenvalue weighted by atomic mass is 10.1. The third-order valence-electron chi connectivity index (χ3n) is 12.3. The predicted molar refractivity (Wildman–Crippen MR) is 257 cm³/mol. The van der Waals surface area contributed by atoms with Crippen LogP contribution < -0.4 is 0 Å². The van der Waals surface area contributed by atoms with Gasteiger partial charge in [-0.3, -0.25) is 9.13 Å². The Morgan fingerprint density at radius 1 is 0.286 bits per heavy atom. The quantitative estimate of drug-likeness (QED) is 0.168. The molecule has 0 saturated carbocycles. The summed E-state index contributed by atoms with van der Waals surface area (Å²) in [6.45, 7) is 0. The molecule has 0 aliphatic rings. The first-order valence-electron chi connectivity index (χ1n) is 21.2. The Morgan fingerprint density at radius 3 is 1.46 bits per heavy atom. The summed E-state index contributed by atoms with van der Waals surface area (Å²) in [5.74, 6) is 2.55. The second-order valence-corrected chi connectivity index (χ2v) is 15.9. The van der Waals surface area contributed by atoms with Crippen molar-refractivity contribution in [2.45, 2.75) is 0 Å². The van der Waals surface area contributed by atoms with Gasteiger partial charge in [-0.2, -0.15) is 9.97 Å². The van der Waals surface area contributed by atoms with E-state index < -0.39 is 0 Å². The van der Waals surface area contributed by atoms with E-state index in [0.717, 1.165) is 93.9 Å². The molecule has 0 bridgehead atoms. The standard InChI is InChI=1S/C56H35N7/c1-4-17-36(18-5-1)46-26-16-30-51(57-46)62-48-28-14-10-23-40(48)43-32-33-44-41-24-11-15-29-49(41)63(53(44)52(43)62)56-59-54(37-19-6-2-7-20-37)58-55(60-56)38-31-34-50-45(35-38)42-25-12-13-27-47(42)61(50)39-21-8-3-9-22-39/h1-35H. The zero-order valence-electron chi connectivity index (χ0n) is 33.8. The largest absolute Gasteiger partial charge is 0.309 e. The fourth-order valence-corrected chi connectivity index (χ4v) is 9.54. The van der Waals surface area contributed by atoms with Crippen LogP contribution in [0.5, 0.6) is 0 Å². The molecule has 5 aromatic heterocycles.